The van der Waals surface area contributed by atoms with Crippen LogP contribution in [-0.2, 0) is 24.0 Å². The van der Waals surface area contributed by atoms with E-state index in [9.17, 15) is 0 Å². The average molecular weight is 505 g/mol. The summed E-state index contributed by atoms with van der Waals surface area (Å²) in [6, 6.07) is 0. The number of aliphatic carboxylic acids is 5. The van der Waals surface area contributed by atoms with Crippen LogP contribution in [0.25, 0.3) is 0 Å². The first-order valence-corrected chi connectivity index (χ1v) is 4.60. The molecule has 0 saturated carbocycles. The van der Waals surface area contributed by atoms with Crippen molar-refractivity contribution < 1.29 is 49.5 Å². The molecule has 0 atom stereocenters. The fourth-order valence-electron chi connectivity index (χ4n) is 0. The third-order valence-electron chi connectivity index (χ3n) is 0. The summed E-state index contributed by atoms with van der Waals surface area (Å²) in [5.41, 5.74) is 0. The monoisotopic (exact) mass is 506 g/mol. The summed E-state index contributed by atoms with van der Waals surface area (Å²) in [4.78, 5) is 44.8. The summed E-state index contributed by atoms with van der Waals surface area (Å²) >= 11 is 0. The molecule has 0 fully saturated rings. The maximum absolute atomic E-state index is 9.00. The molecule has 0 unspecified atom stereocenters. The molecule has 21 heavy (non-hydrogen) atoms. The second kappa shape index (κ2) is 30.9. The third kappa shape index (κ3) is 1620. The molecule has 122 valence electrons. The predicted molar refractivity (Wildman–Crippen MR) is 67.0 cm³/mol. The van der Waals surface area contributed by atoms with Crippen LogP contribution < -0.4 is 10.2 Å². The van der Waals surface area contributed by atoms with Crippen molar-refractivity contribution in [1.29, 1.82) is 0 Å². The molecule has 0 aliphatic rings. The summed E-state index contributed by atoms with van der Waals surface area (Å²) in [6.07, 6.45) is 0. The SMILES string of the molecule is CC(=O)O.CC(=O)O.CC(=O)O.CC(=O)[O-].CC(=O)[O-].[Pb+2]. The first kappa shape index (κ1) is 36.5. The van der Waals surface area contributed by atoms with Crippen molar-refractivity contribution in [3.05, 3.63) is 0 Å². The predicted octanol–water partition coefficient (Wildman–Crippen LogP) is -2.60. The van der Waals surface area contributed by atoms with Gasteiger partial charge in [-0.25, -0.2) is 0 Å². The van der Waals surface area contributed by atoms with Gasteiger partial charge in [0.1, 0.15) is 0 Å². The molecule has 0 aliphatic carbocycles. The van der Waals surface area contributed by atoms with Crippen LogP contribution in [0.3, 0.4) is 0 Å². The number of carboxylic acid groups (broad SMARTS) is 5. The van der Waals surface area contributed by atoms with Crippen molar-refractivity contribution in [3.8, 4) is 0 Å². The largest absolute Gasteiger partial charge is 2.00 e. The summed E-state index contributed by atoms with van der Waals surface area (Å²) in [5, 5.41) is 40.0. The Hall–Kier alpha value is -1.73. The van der Waals surface area contributed by atoms with Gasteiger partial charge in [-0.2, -0.15) is 0 Å². The van der Waals surface area contributed by atoms with Gasteiger partial charge in [-0.15, -0.1) is 0 Å². The van der Waals surface area contributed by atoms with E-state index in [2.05, 4.69) is 0 Å². The molecule has 0 aromatic rings. The minimum absolute atomic E-state index is 0. The van der Waals surface area contributed by atoms with Crippen LogP contribution in [0.2, 0.25) is 0 Å². The van der Waals surface area contributed by atoms with Gasteiger partial charge in [0, 0.05) is 32.7 Å². The summed E-state index contributed by atoms with van der Waals surface area (Å²) < 4.78 is 0. The molecule has 0 spiro atoms. The normalized spacial score (nSPS) is 5.95. The Kier molecular flexibility index (Phi) is 53.8. The molecule has 0 aromatic heterocycles. The average Bonchev–Trinajstić information content (AvgIpc) is 1.94. The number of carboxylic acids is 5. The van der Waals surface area contributed by atoms with Crippen LogP contribution in [0.4, 0.5) is 0 Å². The summed E-state index contributed by atoms with van der Waals surface area (Å²) in [6.45, 7) is 5.19. The van der Waals surface area contributed by atoms with Crippen LogP contribution in [0, 0.1) is 0 Å². The molecule has 0 bridgehead atoms. The maximum atomic E-state index is 9.00. The molecule has 0 heterocycles. The molecule has 0 saturated heterocycles. The zero-order valence-electron chi connectivity index (χ0n) is 12.2. The van der Waals surface area contributed by atoms with Crippen LogP contribution in [0.5, 0.6) is 0 Å². The molecule has 0 aromatic carbocycles. The molecule has 0 amide bonds. The minimum atomic E-state index is -1.08. The van der Waals surface area contributed by atoms with E-state index in [4.69, 9.17) is 49.5 Å². The van der Waals surface area contributed by atoms with Crippen molar-refractivity contribution in [2.24, 2.45) is 0 Å². The van der Waals surface area contributed by atoms with E-state index in [-0.39, 0.29) is 27.3 Å². The summed E-state index contributed by atoms with van der Waals surface area (Å²) in [7, 11) is 0. The van der Waals surface area contributed by atoms with E-state index in [1.165, 1.54) is 0 Å². The van der Waals surface area contributed by atoms with E-state index in [1.807, 2.05) is 0 Å². The van der Waals surface area contributed by atoms with E-state index in [1.54, 1.807) is 0 Å². The molecular formula is C10H18O10Pb. The van der Waals surface area contributed by atoms with Gasteiger partial charge >= 0.3 is 27.3 Å². The van der Waals surface area contributed by atoms with Gasteiger partial charge in [0.25, 0.3) is 17.9 Å². The fraction of sp³-hybridized carbons (Fsp3) is 0.500. The fourth-order valence-corrected chi connectivity index (χ4v) is 0. The number of hydrogen-bond acceptors (Lipinski definition) is 7. The zero-order valence-corrected chi connectivity index (χ0v) is 16.1. The molecule has 0 aliphatic heterocycles. The van der Waals surface area contributed by atoms with E-state index < -0.39 is 29.8 Å². The Morgan fingerprint density at radius 1 is 0.571 bits per heavy atom. The van der Waals surface area contributed by atoms with Crippen molar-refractivity contribution in [1.82, 2.24) is 0 Å². The van der Waals surface area contributed by atoms with Crippen molar-refractivity contribution in [3.63, 3.8) is 0 Å². The van der Waals surface area contributed by atoms with Gasteiger partial charge < -0.3 is 35.1 Å². The van der Waals surface area contributed by atoms with Crippen molar-refractivity contribution >= 4 is 57.1 Å². The Morgan fingerprint density at radius 3 is 0.571 bits per heavy atom. The molecule has 0 rings (SSSR count). The third-order valence-corrected chi connectivity index (χ3v) is 0. The Balaban J connectivity index is -0.0000000331. The van der Waals surface area contributed by atoms with Gasteiger partial charge in [0.2, 0.25) is 0 Å². The van der Waals surface area contributed by atoms with Gasteiger partial charge in [-0.1, -0.05) is 0 Å². The quantitative estimate of drug-likeness (QED) is 0.294. The summed E-state index contributed by atoms with van der Waals surface area (Å²) in [5.74, 6) is -4.67. The van der Waals surface area contributed by atoms with Gasteiger partial charge in [-0.3, -0.25) is 14.4 Å². The smallest absolute Gasteiger partial charge is 0.550 e. The molecule has 3 N–H and O–H groups in total. The number of carbonyl (C=O) groups excluding carboxylic acids is 2. The molecular weight excluding hydrogens is 487 g/mol. The van der Waals surface area contributed by atoms with Gasteiger partial charge in [0.05, 0.1) is 0 Å². The second-order valence-corrected chi connectivity index (χ2v) is 2.54. The van der Waals surface area contributed by atoms with Crippen molar-refractivity contribution in [2.45, 2.75) is 34.6 Å². The molecule has 11 heteroatoms. The molecule has 10 nitrogen and oxygen atoms in total. The zero-order chi connectivity index (χ0) is 17.9. The maximum Gasteiger partial charge on any atom is 2.00 e. The number of rotatable bonds is 0. The number of carbonyl (C=O) groups is 5. The van der Waals surface area contributed by atoms with E-state index >= 15 is 0 Å². The van der Waals surface area contributed by atoms with Crippen molar-refractivity contribution in [2.75, 3.05) is 0 Å². The number of hydrogen-bond donors (Lipinski definition) is 3. The van der Waals surface area contributed by atoms with Crippen LogP contribution >= 0.6 is 0 Å². The first-order chi connectivity index (χ1) is 8.66. The molecule has 2 radical (unpaired) electrons. The van der Waals surface area contributed by atoms with Crippen LogP contribution in [0.1, 0.15) is 34.6 Å². The Bertz CT molecular complexity index is 211. The van der Waals surface area contributed by atoms with E-state index in [0.717, 1.165) is 34.6 Å². The van der Waals surface area contributed by atoms with Crippen LogP contribution in [-0.4, -0.2) is 72.5 Å². The van der Waals surface area contributed by atoms with Crippen LogP contribution in [0.15, 0.2) is 0 Å². The topological polar surface area (TPSA) is 192 Å². The first-order valence-electron chi connectivity index (χ1n) is 4.60. The standard InChI is InChI=1S/5C2H4O2.Pb/c5*1-2(3)4;/h5*1H3,(H,3,4);/q;;;;;+2/p-2. The Morgan fingerprint density at radius 2 is 0.571 bits per heavy atom. The van der Waals surface area contributed by atoms with Gasteiger partial charge in [0.15, 0.2) is 0 Å². The Labute approximate surface area is 141 Å². The van der Waals surface area contributed by atoms with Gasteiger partial charge in [-0.05, 0) is 13.8 Å². The van der Waals surface area contributed by atoms with E-state index in [0.29, 0.717) is 0 Å². The second-order valence-electron chi connectivity index (χ2n) is 2.54. The minimum Gasteiger partial charge on any atom is -0.550 e.